The van der Waals surface area contributed by atoms with Crippen molar-refractivity contribution in [3.8, 4) is 5.75 Å². The third kappa shape index (κ3) is 4.19. The summed E-state index contributed by atoms with van der Waals surface area (Å²) in [6.45, 7) is 6.14. The maximum absolute atomic E-state index is 12.5. The standard InChI is InChI=1S/C16H23N3O4/c1-11-6-8-18(9-7-11)12(2)16(20)17-14-5-4-13(19(21)22)10-15(14)23-3/h4-5,10-12H,6-9H2,1-3H3,(H,17,20)/p+1/t12-/m1/s1. The summed E-state index contributed by atoms with van der Waals surface area (Å²) in [6.07, 6.45) is 2.27. The Kier molecular flexibility index (Phi) is 5.54. The Balaban J connectivity index is 2.06. The molecule has 0 spiro atoms. The van der Waals surface area contributed by atoms with Gasteiger partial charge in [-0.1, -0.05) is 6.92 Å². The molecular weight excluding hydrogens is 298 g/mol. The first kappa shape index (κ1) is 17.2. The lowest BCUT2D eigenvalue weighted by atomic mass is 9.98. The third-order valence-electron chi connectivity index (χ3n) is 4.58. The average Bonchev–Trinajstić information content (AvgIpc) is 2.55. The lowest BCUT2D eigenvalue weighted by Gasteiger charge is -2.31. The minimum Gasteiger partial charge on any atom is -0.494 e. The van der Waals surface area contributed by atoms with Gasteiger partial charge in [0.1, 0.15) is 5.75 Å². The fraction of sp³-hybridized carbons (Fsp3) is 0.562. The van der Waals surface area contributed by atoms with E-state index in [1.54, 1.807) is 0 Å². The van der Waals surface area contributed by atoms with Crippen molar-refractivity contribution in [3.63, 3.8) is 0 Å². The van der Waals surface area contributed by atoms with Crippen LogP contribution in [0, 0.1) is 16.0 Å². The van der Waals surface area contributed by atoms with Gasteiger partial charge in [-0.15, -0.1) is 0 Å². The molecule has 0 unspecified atom stereocenters. The average molecular weight is 322 g/mol. The highest BCUT2D eigenvalue weighted by atomic mass is 16.6. The molecule has 7 heteroatoms. The number of carbonyl (C=O) groups excluding carboxylic acids is 1. The second-order valence-corrected chi connectivity index (χ2v) is 6.19. The number of nitro benzene ring substituents is 1. The van der Waals surface area contributed by atoms with Crippen LogP contribution in [-0.4, -0.2) is 37.1 Å². The van der Waals surface area contributed by atoms with E-state index in [-0.39, 0.29) is 17.6 Å². The molecule has 0 saturated carbocycles. The topological polar surface area (TPSA) is 85.9 Å². The quantitative estimate of drug-likeness (QED) is 0.631. The summed E-state index contributed by atoms with van der Waals surface area (Å²) in [5, 5.41) is 13.6. The second-order valence-electron chi connectivity index (χ2n) is 6.19. The highest BCUT2D eigenvalue weighted by molar-refractivity contribution is 5.95. The van der Waals surface area contributed by atoms with Gasteiger partial charge in [-0.2, -0.15) is 0 Å². The molecule has 1 atom stereocenters. The Hall–Kier alpha value is -2.15. The van der Waals surface area contributed by atoms with E-state index in [0.29, 0.717) is 11.4 Å². The van der Waals surface area contributed by atoms with E-state index < -0.39 is 4.92 Å². The van der Waals surface area contributed by atoms with Crippen molar-refractivity contribution in [3.05, 3.63) is 28.3 Å². The second kappa shape index (κ2) is 7.41. The number of anilines is 1. The molecule has 7 nitrogen and oxygen atoms in total. The van der Waals surface area contributed by atoms with Crippen LogP contribution in [0.1, 0.15) is 26.7 Å². The molecule has 0 aliphatic carbocycles. The highest BCUT2D eigenvalue weighted by Crippen LogP contribution is 2.29. The zero-order valence-corrected chi connectivity index (χ0v) is 13.8. The Bertz CT molecular complexity index is 583. The van der Waals surface area contributed by atoms with Crippen LogP contribution >= 0.6 is 0 Å². The summed E-state index contributed by atoms with van der Waals surface area (Å²) in [4.78, 5) is 24.1. The molecule has 1 heterocycles. The number of carbonyl (C=O) groups is 1. The molecule has 2 N–H and O–H groups in total. The van der Waals surface area contributed by atoms with Crippen molar-refractivity contribution in [2.45, 2.75) is 32.7 Å². The van der Waals surface area contributed by atoms with Gasteiger partial charge in [0.15, 0.2) is 6.04 Å². The molecule has 1 amide bonds. The van der Waals surface area contributed by atoms with E-state index in [1.807, 2.05) is 6.92 Å². The Morgan fingerprint density at radius 2 is 2.09 bits per heavy atom. The van der Waals surface area contributed by atoms with Crippen LogP contribution in [0.25, 0.3) is 0 Å². The number of nitrogens with one attached hydrogen (secondary N) is 2. The number of non-ortho nitro benzene ring substituents is 1. The molecule has 1 fully saturated rings. The largest absolute Gasteiger partial charge is 0.494 e. The number of rotatable bonds is 5. The van der Waals surface area contributed by atoms with Crippen molar-refractivity contribution in [1.29, 1.82) is 0 Å². The molecule has 0 bridgehead atoms. The molecular formula is C16H24N3O4+. The summed E-state index contributed by atoms with van der Waals surface area (Å²) < 4.78 is 5.15. The minimum absolute atomic E-state index is 0.0662. The molecule has 1 aromatic carbocycles. The SMILES string of the molecule is COc1cc([N+](=O)[O-])ccc1NC(=O)[C@@H](C)[NH+]1CCC(C)CC1. The van der Waals surface area contributed by atoms with Crippen molar-refractivity contribution in [2.75, 3.05) is 25.5 Å². The summed E-state index contributed by atoms with van der Waals surface area (Å²) in [7, 11) is 1.43. The van der Waals surface area contributed by atoms with Gasteiger partial charge in [-0.25, -0.2) is 0 Å². The number of ether oxygens (including phenoxy) is 1. The van der Waals surface area contributed by atoms with Gasteiger partial charge in [-0.05, 0) is 31.7 Å². The van der Waals surface area contributed by atoms with E-state index >= 15 is 0 Å². The maximum atomic E-state index is 12.5. The molecule has 1 saturated heterocycles. The predicted molar refractivity (Wildman–Crippen MR) is 86.8 cm³/mol. The Labute approximate surface area is 135 Å². The Morgan fingerprint density at radius 1 is 1.43 bits per heavy atom. The van der Waals surface area contributed by atoms with Gasteiger partial charge >= 0.3 is 0 Å². The zero-order valence-electron chi connectivity index (χ0n) is 13.8. The van der Waals surface area contributed by atoms with E-state index in [9.17, 15) is 14.9 Å². The molecule has 0 aromatic heterocycles. The van der Waals surface area contributed by atoms with E-state index in [2.05, 4.69) is 12.2 Å². The van der Waals surface area contributed by atoms with E-state index in [4.69, 9.17) is 4.74 Å². The van der Waals surface area contributed by atoms with Crippen LogP contribution in [0.15, 0.2) is 18.2 Å². The number of nitro groups is 1. The molecule has 2 rings (SSSR count). The van der Waals surface area contributed by atoms with E-state index in [1.165, 1.54) is 30.2 Å². The zero-order chi connectivity index (χ0) is 17.0. The lowest BCUT2D eigenvalue weighted by molar-refractivity contribution is -0.919. The van der Waals surface area contributed by atoms with Gasteiger partial charge in [0, 0.05) is 6.07 Å². The maximum Gasteiger partial charge on any atom is 0.282 e. The fourth-order valence-electron chi connectivity index (χ4n) is 2.89. The number of hydrogen-bond donors (Lipinski definition) is 2. The van der Waals surface area contributed by atoms with Crippen LogP contribution in [-0.2, 0) is 4.79 Å². The van der Waals surface area contributed by atoms with E-state index in [0.717, 1.165) is 31.8 Å². The molecule has 126 valence electrons. The van der Waals surface area contributed by atoms with Crippen LogP contribution in [0.5, 0.6) is 5.75 Å². The molecule has 1 aromatic rings. The van der Waals surface area contributed by atoms with Gasteiger partial charge in [-0.3, -0.25) is 14.9 Å². The van der Waals surface area contributed by atoms with Crippen LogP contribution in [0.3, 0.4) is 0 Å². The van der Waals surface area contributed by atoms with Crippen molar-refractivity contribution >= 4 is 17.3 Å². The summed E-state index contributed by atoms with van der Waals surface area (Å²) in [5.41, 5.74) is 0.392. The summed E-state index contributed by atoms with van der Waals surface area (Å²) in [5.74, 6) is 0.924. The van der Waals surface area contributed by atoms with Crippen molar-refractivity contribution in [2.24, 2.45) is 5.92 Å². The van der Waals surface area contributed by atoms with Gasteiger partial charge in [0.2, 0.25) is 0 Å². The molecule has 1 aliphatic rings. The van der Waals surface area contributed by atoms with Crippen molar-refractivity contribution in [1.82, 2.24) is 0 Å². The number of nitrogens with zero attached hydrogens (tertiary/aromatic N) is 1. The van der Waals surface area contributed by atoms with Gasteiger partial charge in [0.05, 0.1) is 36.9 Å². The molecule has 23 heavy (non-hydrogen) atoms. The first-order valence-corrected chi connectivity index (χ1v) is 7.90. The third-order valence-corrected chi connectivity index (χ3v) is 4.58. The van der Waals surface area contributed by atoms with Crippen LogP contribution in [0.2, 0.25) is 0 Å². The summed E-state index contributed by atoms with van der Waals surface area (Å²) >= 11 is 0. The Morgan fingerprint density at radius 3 is 2.65 bits per heavy atom. The van der Waals surface area contributed by atoms with Gasteiger partial charge < -0.3 is 15.0 Å². The number of quaternary nitrogens is 1. The number of piperidine rings is 1. The number of amides is 1. The summed E-state index contributed by atoms with van der Waals surface area (Å²) in [6, 6.07) is 4.02. The lowest BCUT2D eigenvalue weighted by Crippen LogP contribution is -3.17. The van der Waals surface area contributed by atoms with Gasteiger partial charge in [0.25, 0.3) is 11.6 Å². The first-order valence-electron chi connectivity index (χ1n) is 7.90. The monoisotopic (exact) mass is 322 g/mol. The molecule has 1 aliphatic heterocycles. The number of benzene rings is 1. The molecule has 0 radical (unpaired) electrons. The van der Waals surface area contributed by atoms with Crippen molar-refractivity contribution < 1.29 is 19.4 Å². The first-order chi connectivity index (χ1) is 10.9. The van der Waals surface area contributed by atoms with Crippen LogP contribution in [0.4, 0.5) is 11.4 Å². The highest BCUT2D eigenvalue weighted by Gasteiger charge is 2.29. The number of likely N-dealkylation sites (tertiary alicyclic amines) is 1. The van der Waals surface area contributed by atoms with Crippen LogP contribution < -0.4 is 15.0 Å². The number of hydrogen-bond acceptors (Lipinski definition) is 4. The normalized spacial score (nSPS) is 22.2. The fourth-order valence-corrected chi connectivity index (χ4v) is 2.89. The number of methoxy groups -OCH3 is 1. The smallest absolute Gasteiger partial charge is 0.282 e. The minimum atomic E-state index is -0.490. The predicted octanol–water partition coefficient (Wildman–Crippen LogP) is 1.25.